The Hall–Kier alpha value is -4.91. The van der Waals surface area contributed by atoms with Gasteiger partial charge in [0.1, 0.15) is 23.0 Å². The summed E-state index contributed by atoms with van der Waals surface area (Å²) < 4.78 is 5.55. The Bertz CT molecular complexity index is 1490. The number of hydrogen-bond donors (Lipinski definition) is 3. The van der Waals surface area contributed by atoms with Gasteiger partial charge in [0.15, 0.2) is 5.78 Å². The first-order chi connectivity index (χ1) is 16.8. The van der Waals surface area contributed by atoms with Gasteiger partial charge in [-0.2, -0.15) is 0 Å². The van der Waals surface area contributed by atoms with Crippen LogP contribution in [0.1, 0.15) is 53.7 Å². The Kier molecular flexibility index (Phi) is 5.30. The average Bonchev–Trinajstić information content (AvgIpc) is 2.85. The van der Waals surface area contributed by atoms with Crippen molar-refractivity contribution in [1.82, 2.24) is 0 Å². The molecule has 0 saturated heterocycles. The van der Waals surface area contributed by atoms with E-state index in [-0.39, 0.29) is 45.5 Å². The first-order valence-electron chi connectivity index (χ1n) is 10.7. The summed E-state index contributed by atoms with van der Waals surface area (Å²) in [5, 5.41) is 29.6. The molecule has 0 aliphatic heterocycles. The molecule has 5 rings (SSSR count). The number of Topliss-reactive ketones (excluding diaryl/α,β-unsaturated/α-hetero) is 1. The maximum Gasteiger partial charge on any atom is 0.343 e. The lowest BCUT2D eigenvalue weighted by Crippen LogP contribution is -2.26. The molecule has 35 heavy (non-hydrogen) atoms. The van der Waals surface area contributed by atoms with E-state index in [4.69, 9.17) is 4.74 Å². The highest BCUT2D eigenvalue weighted by Gasteiger charge is 2.39. The summed E-state index contributed by atoms with van der Waals surface area (Å²) in [6.45, 7) is 0. The Morgan fingerprint density at radius 3 is 1.83 bits per heavy atom. The normalized spacial score (nSPS) is 14.1. The van der Waals surface area contributed by atoms with Gasteiger partial charge >= 0.3 is 5.97 Å². The third kappa shape index (κ3) is 3.79. The van der Waals surface area contributed by atoms with Crippen LogP contribution in [0.3, 0.4) is 0 Å². The Morgan fingerprint density at radius 1 is 0.657 bits per heavy atom. The summed E-state index contributed by atoms with van der Waals surface area (Å²) in [7, 11) is 0. The van der Waals surface area contributed by atoms with Crippen LogP contribution in [0, 0.1) is 0 Å². The summed E-state index contributed by atoms with van der Waals surface area (Å²) in [5.74, 6) is -3.00. The van der Waals surface area contributed by atoms with E-state index in [2.05, 4.69) is 0 Å². The molecule has 7 nitrogen and oxygen atoms in total. The molecule has 0 heterocycles. The minimum Gasteiger partial charge on any atom is -0.508 e. The molecule has 1 aliphatic rings. The number of rotatable bonds is 4. The highest BCUT2D eigenvalue weighted by molar-refractivity contribution is 6.19. The van der Waals surface area contributed by atoms with Crippen molar-refractivity contribution in [2.24, 2.45) is 0 Å². The molecule has 1 atom stereocenters. The lowest BCUT2D eigenvalue weighted by molar-refractivity contribution is 0.0732. The van der Waals surface area contributed by atoms with Crippen LogP contribution in [0.25, 0.3) is 0 Å². The fourth-order valence-electron chi connectivity index (χ4n) is 4.29. The largest absolute Gasteiger partial charge is 0.508 e. The second-order valence-electron chi connectivity index (χ2n) is 8.07. The maximum absolute atomic E-state index is 13.6. The quantitative estimate of drug-likeness (QED) is 0.229. The number of fused-ring (bicyclic) bond motifs is 2. The monoisotopic (exact) mass is 466 g/mol. The van der Waals surface area contributed by atoms with Crippen molar-refractivity contribution in [3.8, 4) is 23.0 Å². The number of hydrogen-bond acceptors (Lipinski definition) is 7. The van der Waals surface area contributed by atoms with Crippen molar-refractivity contribution < 1.29 is 34.4 Å². The smallest absolute Gasteiger partial charge is 0.343 e. The van der Waals surface area contributed by atoms with Crippen LogP contribution >= 0.6 is 0 Å². The van der Waals surface area contributed by atoms with E-state index in [9.17, 15) is 29.7 Å². The van der Waals surface area contributed by atoms with Crippen molar-refractivity contribution in [3.05, 3.63) is 118 Å². The fraction of sp³-hybridized carbons (Fsp3) is 0.0357. The molecule has 0 aromatic heterocycles. The molecule has 0 spiro atoms. The van der Waals surface area contributed by atoms with Crippen LogP contribution in [0.2, 0.25) is 0 Å². The molecule has 3 N–H and O–H groups in total. The molecular formula is C28H18O7. The number of carbonyl (C=O) groups is 3. The Labute approximate surface area is 199 Å². The second kappa shape index (κ2) is 8.46. The third-order valence-electron chi connectivity index (χ3n) is 5.93. The van der Waals surface area contributed by atoms with Crippen LogP contribution in [0.4, 0.5) is 0 Å². The first kappa shape index (κ1) is 21.9. The van der Waals surface area contributed by atoms with E-state index in [1.165, 1.54) is 60.7 Å². The number of carbonyl (C=O) groups excluding carboxylic acids is 3. The number of esters is 1. The first-order valence-corrected chi connectivity index (χ1v) is 10.7. The van der Waals surface area contributed by atoms with Gasteiger partial charge in [-0.15, -0.1) is 0 Å². The summed E-state index contributed by atoms with van der Waals surface area (Å²) in [6, 6.07) is 20.3. The highest BCUT2D eigenvalue weighted by atomic mass is 16.5. The molecular weight excluding hydrogens is 448 g/mol. The van der Waals surface area contributed by atoms with E-state index in [1.54, 1.807) is 24.3 Å². The summed E-state index contributed by atoms with van der Waals surface area (Å²) >= 11 is 0. The van der Waals surface area contributed by atoms with Crippen LogP contribution in [-0.2, 0) is 0 Å². The Morgan fingerprint density at radius 2 is 1.20 bits per heavy atom. The average molecular weight is 466 g/mol. The lowest BCUT2D eigenvalue weighted by Gasteiger charge is -2.28. The summed E-state index contributed by atoms with van der Waals surface area (Å²) in [6.07, 6.45) is 0. The number of aromatic hydroxyl groups is 3. The van der Waals surface area contributed by atoms with Crippen LogP contribution in [-0.4, -0.2) is 32.9 Å². The standard InChI is InChI=1S/C28H18O7/c29-17-11-7-15(8-12-17)26(32)23-19-3-1-5-21(31)24(19)27(33)25-20(23)4-2-6-22(25)35-28(34)16-9-13-18(30)14-10-16/h1-14,23,29-31H. The molecule has 172 valence electrons. The van der Waals surface area contributed by atoms with Gasteiger partial charge in [-0.1, -0.05) is 24.3 Å². The maximum atomic E-state index is 13.6. The summed E-state index contributed by atoms with van der Waals surface area (Å²) in [4.78, 5) is 39.9. The molecule has 0 fully saturated rings. The van der Waals surface area contributed by atoms with Gasteiger partial charge in [-0.3, -0.25) is 9.59 Å². The van der Waals surface area contributed by atoms with Gasteiger partial charge in [0.2, 0.25) is 5.78 Å². The lowest BCUT2D eigenvalue weighted by atomic mass is 9.73. The van der Waals surface area contributed by atoms with Crippen molar-refractivity contribution in [1.29, 1.82) is 0 Å². The molecule has 4 aromatic rings. The number of ether oxygens (including phenoxy) is 1. The van der Waals surface area contributed by atoms with Crippen molar-refractivity contribution in [3.63, 3.8) is 0 Å². The molecule has 0 amide bonds. The number of benzene rings is 4. The molecule has 0 bridgehead atoms. The van der Waals surface area contributed by atoms with Crippen LogP contribution in [0.5, 0.6) is 23.0 Å². The number of ketones is 2. The molecule has 1 aliphatic carbocycles. The van der Waals surface area contributed by atoms with Gasteiger partial charge in [-0.05, 0) is 71.8 Å². The van der Waals surface area contributed by atoms with Crippen molar-refractivity contribution >= 4 is 17.5 Å². The number of phenols is 3. The molecule has 0 saturated carbocycles. The minimum atomic E-state index is -0.957. The van der Waals surface area contributed by atoms with E-state index in [1.807, 2.05) is 0 Å². The zero-order valence-corrected chi connectivity index (χ0v) is 18.1. The SMILES string of the molecule is O=C(Oc1cccc2c1C(=O)c1c(O)cccc1C2C(=O)c1ccc(O)cc1)c1ccc(O)cc1. The fourth-order valence-corrected chi connectivity index (χ4v) is 4.29. The van der Waals surface area contributed by atoms with E-state index in [0.717, 1.165) is 0 Å². The third-order valence-corrected chi connectivity index (χ3v) is 5.93. The molecule has 1 unspecified atom stereocenters. The van der Waals surface area contributed by atoms with Gasteiger partial charge in [-0.25, -0.2) is 4.79 Å². The highest BCUT2D eigenvalue weighted by Crippen LogP contribution is 2.44. The van der Waals surface area contributed by atoms with Gasteiger partial charge in [0.05, 0.1) is 22.6 Å². The van der Waals surface area contributed by atoms with E-state index < -0.39 is 17.7 Å². The van der Waals surface area contributed by atoms with Crippen molar-refractivity contribution in [2.75, 3.05) is 0 Å². The number of phenolic OH excluding ortho intramolecular Hbond substituents is 3. The summed E-state index contributed by atoms with van der Waals surface area (Å²) in [5.41, 5.74) is 1.10. The van der Waals surface area contributed by atoms with Crippen molar-refractivity contribution in [2.45, 2.75) is 5.92 Å². The van der Waals surface area contributed by atoms with Crippen LogP contribution in [0.15, 0.2) is 84.9 Å². The Balaban J connectivity index is 1.65. The zero-order chi connectivity index (χ0) is 24.7. The molecule has 7 heteroatoms. The second-order valence-corrected chi connectivity index (χ2v) is 8.07. The van der Waals surface area contributed by atoms with Gasteiger partial charge in [0, 0.05) is 5.56 Å². The topological polar surface area (TPSA) is 121 Å². The van der Waals surface area contributed by atoms with Crippen LogP contribution < -0.4 is 4.74 Å². The predicted octanol–water partition coefficient (Wildman–Crippen LogP) is 4.58. The van der Waals surface area contributed by atoms with Gasteiger partial charge < -0.3 is 20.1 Å². The van der Waals surface area contributed by atoms with E-state index in [0.29, 0.717) is 16.7 Å². The molecule has 4 aromatic carbocycles. The minimum absolute atomic E-state index is 0.00208. The van der Waals surface area contributed by atoms with Gasteiger partial charge in [0.25, 0.3) is 0 Å². The predicted molar refractivity (Wildman–Crippen MR) is 125 cm³/mol. The zero-order valence-electron chi connectivity index (χ0n) is 18.1. The molecule has 0 radical (unpaired) electrons. The van der Waals surface area contributed by atoms with E-state index >= 15 is 0 Å².